The van der Waals surface area contributed by atoms with Crippen molar-refractivity contribution in [3.8, 4) is 0 Å². The first kappa shape index (κ1) is 11.3. The van der Waals surface area contributed by atoms with Crippen molar-refractivity contribution < 1.29 is 9.53 Å². The van der Waals surface area contributed by atoms with Crippen LogP contribution in [-0.4, -0.2) is 25.0 Å². The number of Topliss-reactive ketones (excluding diaryl/α,β-unsaturated/α-hetero) is 1. The van der Waals surface area contributed by atoms with Crippen LogP contribution >= 0.6 is 0 Å². The van der Waals surface area contributed by atoms with E-state index in [2.05, 4.69) is 0 Å². The Labute approximate surface area is 95.6 Å². The van der Waals surface area contributed by atoms with Gasteiger partial charge in [-0.25, -0.2) is 0 Å². The van der Waals surface area contributed by atoms with Crippen LogP contribution in [0, 0.1) is 12.8 Å². The number of nitrogens with two attached hydrogens (primary N) is 1. The zero-order valence-electron chi connectivity index (χ0n) is 9.48. The zero-order chi connectivity index (χ0) is 11.5. The fourth-order valence-electron chi connectivity index (χ4n) is 2.06. The lowest BCUT2D eigenvalue weighted by atomic mass is 9.94. The van der Waals surface area contributed by atoms with E-state index in [1.807, 2.05) is 31.2 Å². The van der Waals surface area contributed by atoms with Gasteiger partial charge in [0.05, 0.1) is 19.1 Å². The van der Waals surface area contributed by atoms with Crippen LogP contribution in [0.5, 0.6) is 0 Å². The average Bonchev–Trinajstić information content (AvgIpc) is 2.64. The van der Waals surface area contributed by atoms with Crippen LogP contribution in [0.1, 0.15) is 11.1 Å². The molecule has 1 aliphatic rings. The lowest BCUT2D eigenvalue weighted by Crippen LogP contribution is -2.34. The Morgan fingerprint density at radius 3 is 2.94 bits per heavy atom. The van der Waals surface area contributed by atoms with E-state index in [9.17, 15) is 4.79 Å². The van der Waals surface area contributed by atoms with Crippen molar-refractivity contribution in [2.75, 3.05) is 13.2 Å². The molecule has 2 unspecified atom stereocenters. The highest BCUT2D eigenvalue weighted by molar-refractivity contribution is 5.84. The standard InChI is InChI=1S/C13H17NO2/c1-9-3-2-4-10(5-9)6-13(15)11-7-16-8-12(11)14/h2-5,11-12H,6-8,14H2,1H3. The minimum Gasteiger partial charge on any atom is -0.379 e. The van der Waals surface area contributed by atoms with Gasteiger partial charge in [-0.3, -0.25) is 4.79 Å². The fraction of sp³-hybridized carbons (Fsp3) is 0.462. The molecule has 0 radical (unpaired) electrons. The monoisotopic (exact) mass is 219 g/mol. The van der Waals surface area contributed by atoms with E-state index in [4.69, 9.17) is 10.5 Å². The molecule has 1 saturated heterocycles. The SMILES string of the molecule is Cc1cccc(CC(=O)C2COCC2N)c1. The van der Waals surface area contributed by atoms with E-state index < -0.39 is 0 Å². The third-order valence-electron chi connectivity index (χ3n) is 3.00. The van der Waals surface area contributed by atoms with E-state index in [0.29, 0.717) is 19.6 Å². The van der Waals surface area contributed by atoms with E-state index in [1.54, 1.807) is 0 Å². The number of aryl methyl sites for hydroxylation is 1. The lowest BCUT2D eigenvalue weighted by Gasteiger charge is -2.11. The second kappa shape index (κ2) is 4.76. The van der Waals surface area contributed by atoms with Crippen LogP contribution in [0.3, 0.4) is 0 Å². The summed E-state index contributed by atoms with van der Waals surface area (Å²) in [6.07, 6.45) is 0.462. The Bertz CT molecular complexity index is 389. The number of ketones is 1. The van der Waals surface area contributed by atoms with E-state index in [0.717, 1.165) is 5.56 Å². The number of ether oxygens (including phenoxy) is 1. The van der Waals surface area contributed by atoms with Crippen LogP contribution in [0.4, 0.5) is 0 Å². The third kappa shape index (κ3) is 2.49. The van der Waals surface area contributed by atoms with E-state index in [-0.39, 0.29) is 17.7 Å². The van der Waals surface area contributed by atoms with Crippen LogP contribution in [0.2, 0.25) is 0 Å². The molecule has 86 valence electrons. The normalized spacial score (nSPS) is 24.6. The summed E-state index contributed by atoms with van der Waals surface area (Å²) >= 11 is 0. The third-order valence-corrected chi connectivity index (χ3v) is 3.00. The van der Waals surface area contributed by atoms with Gasteiger partial charge in [-0.05, 0) is 12.5 Å². The lowest BCUT2D eigenvalue weighted by molar-refractivity contribution is -0.122. The molecule has 0 saturated carbocycles. The van der Waals surface area contributed by atoms with Gasteiger partial charge in [0.15, 0.2) is 0 Å². The van der Waals surface area contributed by atoms with Gasteiger partial charge in [0, 0.05) is 12.5 Å². The van der Waals surface area contributed by atoms with Gasteiger partial charge in [-0.15, -0.1) is 0 Å². The van der Waals surface area contributed by atoms with Gasteiger partial charge in [0.2, 0.25) is 0 Å². The maximum Gasteiger partial charge on any atom is 0.144 e. The summed E-state index contributed by atoms with van der Waals surface area (Å²) in [5, 5.41) is 0. The summed E-state index contributed by atoms with van der Waals surface area (Å²) in [7, 11) is 0. The first-order valence-corrected chi connectivity index (χ1v) is 5.58. The Morgan fingerprint density at radius 1 is 1.50 bits per heavy atom. The highest BCUT2D eigenvalue weighted by Gasteiger charge is 2.30. The molecule has 0 aromatic heterocycles. The summed E-state index contributed by atoms with van der Waals surface area (Å²) in [6, 6.07) is 7.89. The Hall–Kier alpha value is -1.19. The zero-order valence-corrected chi connectivity index (χ0v) is 9.48. The summed E-state index contributed by atoms with van der Waals surface area (Å²) in [5.41, 5.74) is 8.05. The molecule has 2 atom stereocenters. The van der Waals surface area contributed by atoms with Gasteiger partial charge < -0.3 is 10.5 Å². The summed E-state index contributed by atoms with van der Waals surface area (Å²) < 4.78 is 5.21. The minimum atomic E-state index is -0.127. The molecule has 3 heteroatoms. The number of hydrogen-bond acceptors (Lipinski definition) is 3. The van der Waals surface area contributed by atoms with Gasteiger partial charge in [0.25, 0.3) is 0 Å². The predicted octanol–water partition coefficient (Wildman–Crippen LogP) is 1.08. The van der Waals surface area contributed by atoms with E-state index >= 15 is 0 Å². The molecule has 1 aromatic carbocycles. The number of rotatable bonds is 3. The first-order valence-electron chi connectivity index (χ1n) is 5.58. The maximum atomic E-state index is 12.0. The Morgan fingerprint density at radius 2 is 2.31 bits per heavy atom. The van der Waals surface area contributed by atoms with Gasteiger partial charge in [-0.1, -0.05) is 29.8 Å². The molecule has 0 bridgehead atoms. The van der Waals surface area contributed by atoms with Crippen molar-refractivity contribution in [2.24, 2.45) is 11.7 Å². The number of carbonyl (C=O) groups is 1. The molecule has 3 nitrogen and oxygen atoms in total. The van der Waals surface area contributed by atoms with Crippen molar-refractivity contribution in [2.45, 2.75) is 19.4 Å². The summed E-state index contributed by atoms with van der Waals surface area (Å²) in [6.45, 7) is 3.01. The molecule has 1 aliphatic heterocycles. The van der Waals surface area contributed by atoms with Crippen molar-refractivity contribution in [3.63, 3.8) is 0 Å². The summed E-state index contributed by atoms with van der Waals surface area (Å²) in [5.74, 6) is 0.0658. The molecular weight excluding hydrogens is 202 g/mol. The van der Waals surface area contributed by atoms with Crippen molar-refractivity contribution in [1.82, 2.24) is 0 Å². The van der Waals surface area contributed by atoms with Crippen LogP contribution in [0.25, 0.3) is 0 Å². The Balaban J connectivity index is 2.02. The van der Waals surface area contributed by atoms with Crippen molar-refractivity contribution in [1.29, 1.82) is 0 Å². The van der Waals surface area contributed by atoms with Gasteiger partial charge in [-0.2, -0.15) is 0 Å². The molecule has 1 fully saturated rings. The smallest absolute Gasteiger partial charge is 0.144 e. The molecular formula is C13H17NO2. The van der Waals surface area contributed by atoms with Gasteiger partial charge >= 0.3 is 0 Å². The summed E-state index contributed by atoms with van der Waals surface area (Å²) in [4.78, 5) is 12.0. The highest BCUT2D eigenvalue weighted by atomic mass is 16.5. The molecule has 0 amide bonds. The molecule has 2 rings (SSSR count). The second-order valence-corrected chi connectivity index (χ2v) is 4.44. The predicted molar refractivity (Wildman–Crippen MR) is 62.2 cm³/mol. The topological polar surface area (TPSA) is 52.3 Å². The largest absolute Gasteiger partial charge is 0.379 e. The van der Waals surface area contributed by atoms with Gasteiger partial charge in [0.1, 0.15) is 5.78 Å². The minimum absolute atomic E-state index is 0.125. The number of benzene rings is 1. The molecule has 1 heterocycles. The molecule has 2 N–H and O–H groups in total. The fourth-order valence-corrected chi connectivity index (χ4v) is 2.06. The number of carbonyl (C=O) groups excluding carboxylic acids is 1. The molecule has 1 aromatic rings. The highest BCUT2D eigenvalue weighted by Crippen LogP contribution is 2.16. The van der Waals surface area contributed by atoms with Crippen molar-refractivity contribution in [3.05, 3.63) is 35.4 Å². The van der Waals surface area contributed by atoms with E-state index in [1.165, 1.54) is 5.56 Å². The van der Waals surface area contributed by atoms with Crippen LogP contribution in [0.15, 0.2) is 24.3 Å². The number of hydrogen-bond donors (Lipinski definition) is 1. The van der Waals surface area contributed by atoms with Crippen LogP contribution in [-0.2, 0) is 16.0 Å². The average molecular weight is 219 g/mol. The molecule has 0 spiro atoms. The quantitative estimate of drug-likeness (QED) is 0.827. The first-order chi connectivity index (χ1) is 7.66. The van der Waals surface area contributed by atoms with Crippen LogP contribution < -0.4 is 5.73 Å². The Kier molecular flexibility index (Phi) is 3.36. The molecule has 0 aliphatic carbocycles. The maximum absolute atomic E-state index is 12.0. The molecule has 16 heavy (non-hydrogen) atoms. The second-order valence-electron chi connectivity index (χ2n) is 4.44. The van der Waals surface area contributed by atoms with Crippen molar-refractivity contribution >= 4 is 5.78 Å².